The van der Waals surface area contributed by atoms with Crippen molar-refractivity contribution >= 4 is 15.8 Å². The standard InChI is InChI=1S/C16H15FO4S/c1-22(20,21)14-4-2-3-12(10-14)15(16(18)19)9-11-5-7-13(17)8-6-11/h2-8,10,15H,9H2,1H3,(H,18,19). The predicted molar refractivity (Wildman–Crippen MR) is 80.0 cm³/mol. The molecule has 4 nitrogen and oxygen atoms in total. The highest BCUT2D eigenvalue weighted by atomic mass is 32.2. The summed E-state index contributed by atoms with van der Waals surface area (Å²) in [5, 5.41) is 9.41. The monoisotopic (exact) mass is 322 g/mol. The Bertz CT molecular complexity index is 782. The van der Waals surface area contributed by atoms with E-state index in [1.54, 1.807) is 6.07 Å². The molecule has 0 heterocycles. The van der Waals surface area contributed by atoms with E-state index in [0.717, 1.165) is 6.26 Å². The van der Waals surface area contributed by atoms with Crippen molar-refractivity contribution in [3.8, 4) is 0 Å². The van der Waals surface area contributed by atoms with E-state index in [1.807, 2.05) is 0 Å². The van der Waals surface area contributed by atoms with E-state index in [1.165, 1.54) is 42.5 Å². The van der Waals surface area contributed by atoms with Crippen LogP contribution in [0.3, 0.4) is 0 Å². The fraction of sp³-hybridized carbons (Fsp3) is 0.188. The first-order valence-corrected chi connectivity index (χ1v) is 8.44. The van der Waals surface area contributed by atoms with E-state index in [-0.39, 0.29) is 11.3 Å². The number of aliphatic carboxylic acids is 1. The van der Waals surface area contributed by atoms with Gasteiger partial charge in [0.1, 0.15) is 5.82 Å². The maximum atomic E-state index is 12.9. The molecule has 0 saturated carbocycles. The topological polar surface area (TPSA) is 71.4 Å². The van der Waals surface area contributed by atoms with Gasteiger partial charge in [0.05, 0.1) is 10.8 Å². The van der Waals surface area contributed by atoms with Crippen molar-refractivity contribution in [2.24, 2.45) is 0 Å². The second kappa shape index (κ2) is 6.27. The Morgan fingerprint density at radius 2 is 1.82 bits per heavy atom. The van der Waals surface area contributed by atoms with Gasteiger partial charge in [-0.2, -0.15) is 0 Å². The van der Waals surface area contributed by atoms with E-state index < -0.39 is 27.5 Å². The van der Waals surface area contributed by atoms with Crippen LogP contribution in [-0.2, 0) is 21.1 Å². The summed E-state index contributed by atoms with van der Waals surface area (Å²) in [5.41, 5.74) is 1.07. The molecule has 0 fully saturated rings. The minimum absolute atomic E-state index is 0.0790. The zero-order chi connectivity index (χ0) is 16.3. The molecule has 6 heteroatoms. The lowest BCUT2D eigenvalue weighted by atomic mass is 9.92. The summed E-state index contributed by atoms with van der Waals surface area (Å²) in [6.45, 7) is 0. The first kappa shape index (κ1) is 16.2. The van der Waals surface area contributed by atoms with E-state index >= 15 is 0 Å². The molecule has 0 aromatic heterocycles. The molecule has 1 atom stereocenters. The SMILES string of the molecule is CS(=O)(=O)c1cccc(C(Cc2ccc(F)cc2)C(=O)O)c1. The number of carboxylic acids is 1. The smallest absolute Gasteiger partial charge is 0.311 e. The molecule has 116 valence electrons. The maximum Gasteiger partial charge on any atom is 0.311 e. The molecule has 0 spiro atoms. The van der Waals surface area contributed by atoms with Gasteiger partial charge in [-0.05, 0) is 41.8 Å². The van der Waals surface area contributed by atoms with Gasteiger partial charge in [-0.1, -0.05) is 24.3 Å². The fourth-order valence-electron chi connectivity index (χ4n) is 2.17. The first-order valence-electron chi connectivity index (χ1n) is 6.54. The van der Waals surface area contributed by atoms with Crippen molar-refractivity contribution in [1.82, 2.24) is 0 Å². The zero-order valence-corrected chi connectivity index (χ0v) is 12.7. The van der Waals surface area contributed by atoms with Crippen molar-refractivity contribution < 1.29 is 22.7 Å². The number of carbonyl (C=O) groups is 1. The van der Waals surface area contributed by atoms with Crippen LogP contribution in [0.5, 0.6) is 0 Å². The lowest BCUT2D eigenvalue weighted by molar-refractivity contribution is -0.138. The molecule has 0 aliphatic heterocycles. The average Bonchev–Trinajstić information content (AvgIpc) is 2.45. The van der Waals surface area contributed by atoms with Crippen LogP contribution >= 0.6 is 0 Å². The number of carboxylic acid groups (broad SMARTS) is 1. The number of rotatable bonds is 5. The van der Waals surface area contributed by atoms with Crippen LogP contribution in [0.25, 0.3) is 0 Å². The maximum absolute atomic E-state index is 12.9. The normalized spacial score (nSPS) is 12.8. The van der Waals surface area contributed by atoms with Gasteiger partial charge in [-0.25, -0.2) is 12.8 Å². The third-order valence-electron chi connectivity index (χ3n) is 3.34. The lowest BCUT2D eigenvalue weighted by Crippen LogP contribution is -2.15. The highest BCUT2D eigenvalue weighted by Crippen LogP contribution is 2.24. The summed E-state index contributed by atoms with van der Waals surface area (Å²) < 4.78 is 36.1. The minimum Gasteiger partial charge on any atom is -0.481 e. The highest BCUT2D eigenvalue weighted by molar-refractivity contribution is 7.90. The van der Waals surface area contributed by atoms with Crippen LogP contribution in [0.2, 0.25) is 0 Å². The van der Waals surface area contributed by atoms with E-state index in [2.05, 4.69) is 0 Å². The molecule has 2 aromatic carbocycles. The molecule has 0 bridgehead atoms. The quantitative estimate of drug-likeness (QED) is 0.918. The van der Waals surface area contributed by atoms with Gasteiger partial charge in [0, 0.05) is 6.26 Å². The second-order valence-electron chi connectivity index (χ2n) is 5.07. The van der Waals surface area contributed by atoms with Crippen LogP contribution in [0.4, 0.5) is 4.39 Å². The Labute approximate surface area is 128 Å². The summed E-state index contributed by atoms with van der Waals surface area (Å²) in [6.07, 6.45) is 1.23. The summed E-state index contributed by atoms with van der Waals surface area (Å²) in [6, 6.07) is 11.5. The van der Waals surface area contributed by atoms with E-state index in [9.17, 15) is 22.7 Å². The lowest BCUT2D eigenvalue weighted by Gasteiger charge is -2.14. The van der Waals surface area contributed by atoms with Crippen LogP contribution in [0, 0.1) is 5.82 Å². The van der Waals surface area contributed by atoms with Crippen molar-refractivity contribution in [1.29, 1.82) is 0 Å². The van der Waals surface area contributed by atoms with E-state index in [0.29, 0.717) is 11.1 Å². The molecule has 22 heavy (non-hydrogen) atoms. The van der Waals surface area contributed by atoms with Gasteiger partial charge in [0.25, 0.3) is 0 Å². The van der Waals surface area contributed by atoms with Gasteiger partial charge in [0.15, 0.2) is 9.84 Å². The van der Waals surface area contributed by atoms with Gasteiger partial charge < -0.3 is 5.11 Å². The Morgan fingerprint density at radius 3 is 2.36 bits per heavy atom. The van der Waals surface area contributed by atoms with Gasteiger partial charge in [0.2, 0.25) is 0 Å². The fourth-order valence-corrected chi connectivity index (χ4v) is 2.84. The molecule has 2 aromatic rings. The van der Waals surface area contributed by atoms with Crippen molar-refractivity contribution in [2.45, 2.75) is 17.2 Å². The van der Waals surface area contributed by atoms with Gasteiger partial charge in [-0.3, -0.25) is 4.79 Å². The van der Waals surface area contributed by atoms with Crippen LogP contribution < -0.4 is 0 Å². The number of sulfone groups is 1. The predicted octanol–water partition coefficient (Wildman–Crippen LogP) is 2.64. The number of hydrogen-bond donors (Lipinski definition) is 1. The minimum atomic E-state index is -3.41. The Kier molecular flexibility index (Phi) is 4.61. The molecule has 1 unspecified atom stereocenters. The van der Waals surface area contributed by atoms with Crippen molar-refractivity contribution in [3.05, 3.63) is 65.5 Å². The van der Waals surface area contributed by atoms with Crippen molar-refractivity contribution in [2.75, 3.05) is 6.26 Å². The summed E-state index contributed by atoms with van der Waals surface area (Å²) >= 11 is 0. The Morgan fingerprint density at radius 1 is 1.18 bits per heavy atom. The van der Waals surface area contributed by atoms with Crippen LogP contribution in [0.15, 0.2) is 53.4 Å². The summed E-state index contributed by atoms with van der Waals surface area (Å²) in [7, 11) is -3.41. The third-order valence-corrected chi connectivity index (χ3v) is 4.45. The molecule has 0 radical (unpaired) electrons. The summed E-state index contributed by atoms with van der Waals surface area (Å²) in [4.78, 5) is 11.6. The van der Waals surface area contributed by atoms with Crippen LogP contribution in [-0.4, -0.2) is 25.7 Å². The molecular weight excluding hydrogens is 307 g/mol. The third kappa shape index (κ3) is 3.92. The molecule has 0 saturated heterocycles. The zero-order valence-electron chi connectivity index (χ0n) is 11.9. The first-order chi connectivity index (χ1) is 10.3. The molecular formula is C16H15FO4S. The average molecular weight is 322 g/mol. The van der Waals surface area contributed by atoms with E-state index in [4.69, 9.17) is 0 Å². The van der Waals surface area contributed by atoms with Gasteiger partial charge in [-0.15, -0.1) is 0 Å². The Hall–Kier alpha value is -2.21. The molecule has 2 rings (SSSR count). The molecule has 1 N–H and O–H groups in total. The highest BCUT2D eigenvalue weighted by Gasteiger charge is 2.22. The molecule has 0 amide bonds. The number of benzene rings is 2. The Balaban J connectivity index is 2.36. The molecule has 0 aliphatic carbocycles. The van der Waals surface area contributed by atoms with Gasteiger partial charge >= 0.3 is 5.97 Å². The van der Waals surface area contributed by atoms with Crippen molar-refractivity contribution in [3.63, 3.8) is 0 Å². The largest absolute Gasteiger partial charge is 0.481 e. The number of halogens is 1. The summed E-state index contributed by atoms with van der Waals surface area (Å²) in [5.74, 6) is -2.35. The second-order valence-corrected chi connectivity index (χ2v) is 7.08. The van der Waals surface area contributed by atoms with Crippen LogP contribution in [0.1, 0.15) is 17.0 Å². The molecule has 0 aliphatic rings. The number of hydrogen-bond acceptors (Lipinski definition) is 3.